The first-order chi connectivity index (χ1) is 18.9. The fraction of sp³-hybridized carbons (Fsp3) is 0.387. The highest BCUT2D eigenvalue weighted by Crippen LogP contribution is 2.38. The minimum atomic E-state index is -0.149. The second-order valence-corrected chi connectivity index (χ2v) is 11.3. The molecule has 3 heterocycles. The topological polar surface area (TPSA) is 66.0 Å². The van der Waals surface area contributed by atoms with E-state index in [-0.39, 0.29) is 30.4 Å². The normalized spacial score (nSPS) is 17.7. The minimum absolute atomic E-state index is 0.0230. The monoisotopic (exact) mass is 544 g/mol. The average Bonchev–Trinajstić information content (AvgIpc) is 3.44. The van der Waals surface area contributed by atoms with Crippen LogP contribution in [0.2, 0.25) is 0 Å². The summed E-state index contributed by atoms with van der Waals surface area (Å²) in [6.07, 6.45) is 2.72. The first-order valence-corrected chi connectivity index (χ1v) is 14.5. The fourth-order valence-electron chi connectivity index (χ4n) is 5.35. The van der Waals surface area contributed by atoms with Crippen molar-refractivity contribution in [1.82, 2.24) is 19.7 Å². The Labute approximate surface area is 234 Å². The zero-order valence-electron chi connectivity index (χ0n) is 22.7. The SMILES string of the molecule is C=CCN1CCN(C(=O)c2csc(COc3ccc4c(c3)C(c3ccccc3)N(C(=O)C(C)C)CC4)n2)CC1. The summed E-state index contributed by atoms with van der Waals surface area (Å²) in [6, 6.07) is 16.2. The number of fused-ring (bicyclic) bond motifs is 1. The summed E-state index contributed by atoms with van der Waals surface area (Å²) in [5, 5.41) is 2.59. The van der Waals surface area contributed by atoms with Crippen LogP contribution in [0.25, 0.3) is 0 Å². The third kappa shape index (κ3) is 6.07. The van der Waals surface area contributed by atoms with Crippen LogP contribution in [0.3, 0.4) is 0 Å². The van der Waals surface area contributed by atoms with E-state index in [9.17, 15) is 9.59 Å². The van der Waals surface area contributed by atoms with Crippen molar-refractivity contribution in [2.24, 2.45) is 5.92 Å². The standard InChI is InChI=1S/C31H36N4O3S/c1-4-13-33-15-17-34(18-16-33)31(37)27-21-39-28(32-27)20-38-25-11-10-23-12-14-35(30(36)22(2)3)29(26(23)19-25)24-8-6-5-7-9-24/h4-11,19,21-22,29H,1,12-18,20H2,2-3H3. The lowest BCUT2D eigenvalue weighted by molar-refractivity contribution is -0.136. The molecule has 5 rings (SSSR count). The molecule has 1 unspecified atom stereocenters. The Kier molecular flexibility index (Phi) is 8.43. The van der Waals surface area contributed by atoms with Crippen LogP contribution < -0.4 is 4.74 Å². The number of aromatic nitrogens is 1. The third-order valence-electron chi connectivity index (χ3n) is 7.42. The zero-order valence-corrected chi connectivity index (χ0v) is 23.5. The maximum Gasteiger partial charge on any atom is 0.273 e. The van der Waals surface area contributed by atoms with Gasteiger partial charge in [-0.1, -0.05) is 56.3 Å². The molecule has 7 nitrogen and oxygen atoms in total. The highest BCUT2D eigenvalue weighted by atomic mass is 32.1. The van der Waals surface area contributed by atoms with E-state index in [1.807, 2.05) is 59.4 Å². The van der Waals surface area contributed by atoms with Crippen LogP contribution in [0, 0.1) is 5.92 Å². The summed E-state index contributed by atoms with van der Waals surface area (Å²) < 4.78 is 6.17. The van der Waals surface area contributed by atoms with Crippen molar-refractivity contribution < 1.29 is 14.3 Å². The Morgan fingerprint density at radius 3 is 2.59 bits per heavy atom. The molecule has 2 aliphatic heterocycles. The summed E-state index contributed by atoms with van der Waals surface area (Å²) in [4.78, 5) is 36.9. The van der Waals surface area contributed by atoms with Gasteiger partial charge in [-0.05, 0) is 35.2 Å². The number of carbonyl (C=O) groups is 2. The van der Waals surface area contributed by atoms with Crippen molar-refractivity contribution in [3.05, 3.63) is 94.0 Å². The van der Waals surface area contributed by atoms with E-state index in [0.29, 0.717) is 25.3 Å². The van der Waals surface area contributed by atoms with Gasteiger partial charge in [0.1, 0.15) is 23.1 Å². The van der Waals surface area contributed by atoms with Crippen molar-refractivity contribution in [2.45, 2.75) is 32.9 Å². The molecule has 0 radical (unpaired) electrons. The van der Waals surface area contributed by atoms with Gasteiger partial charge >= 0.3 is 0 Å². The van der Waals surface area contributed by atoms with Crippen LogP contribution in [0.15, 0.2) is 66.6 Å². The van der Waals surface area contributed by atoms with Crippen molar-refractivity contribution in [3.8, 4) is 5.75 Å². The number of nitrogens with zero attached hydrogens (tertiary/aromatic N) is 4. The van der Waals surface area contributed by atoms with E-state index in [4.69, 9.17) is 4.74 Å². The van der Waals surface area contributed by atoms with Gasteiger partial charge in [-0.2, -0.15) is 0 Å². The maximum absolute atomic E-state index is 13.2. The number of benzene rings is 2. The van der Waals surface area contributed by atoms with Gasteiger partial charge in [-0.15, -0.1) is 17.9 Å². The number of piperazine rings is 1. The molecule has 1 atom stereocenters. The summed E-state index contributed by atoms with van der Waals surface area (Å²) in [7, 11) is 0. The zero-order chi connectivity index (χ0) is 27.4. The van der Waals surface area contributed by atoms with E-state index in [0.717, 1.165) is 47.9 Å². The molecular weight excluding hydrogens is 508 g/mol. The molecule has 2 aromatic carbocycles. The Morgan fingerprint density at radius 1 is 1.10 bits per heavy atom. The van der Waals surface area contributed by atoms with Gasteiger partial charge in [-0.3, -0.25) is 14.5 Å². The molecule has 8 heteroatoms. The predicted octanol–water partition coefficient (Wildman–Crippen LogP) is 4.80. The average molecular weight is 545 g/mol. The van der Waals surface area contributed by atoms with Crippen molar-refractivity contribution in [2.75, 3.05) is 39.3 Å². The van der Waals surface area contributed by atoms with E-state index in [2.05, 4.69) is 40.7 Å². The number of ether oxygens (including phenoxy) is 1. The molecule has 0 saturated carbocycles. The molecule has 39 heavy (non-hydrogen) atoms. The molecule has 0 aliphatic carbocycles. The maximum atomic E-state index is 13.2. The van der Waals surface area contributed by atoms with Crippen molar-refractivity contribution in [3.63, 3.8) is 0 Å². The quantitative estimate of drug-likeness (QED) is 0.382. The molecule has 204 valence electrons. The smallest absolute Gasteiger partial charge is 0.273 e. The Balaban J connectivity index is 1.29. The van der Waals surface area contributed by atoms with Gasteiger partial charge in [0.2, 0.25) is 5.91 Å². The largest absolute Gasteiger partial charge is 0.486 e. The molecular formula is C31H36N4O3S. The van der Waals surface area contributed by atoms with Gasteiger partial charge in [0.25, 0.3) is 5.91 Å². The van der Waals surface area contributed by atoms with Crippen LogP contribution in [-0.2, 0) is 17.8 Å². The second kappa shape index (κ2) is 12.1. The van der Waals surface area contributed by atoms with Crippen LogP contribution in [0.1, 0.15) is 52.1 Å². The third-order valence-corrected chi connectivity index (χ3v) is 8.24. The first-order valence-electron chi connectivity index (χ1n) is 13.6. The second-order valence-electron chi connectivity index (χ2n) is 10.4. The predicted molar refractivity (Wildman–Crippen MR) is 154 cm³/mol. The summed E-state index contributed by atoms with van der Waals surface area (Å²) in [6.45, 7) is 12.6. The summed E-state index contributed by atoms with van der Waals surface area (Å²) in [5.74, 6) is 0.790. The molecule has 1 aromatic heterocycles. The lowest BCUT2D eigenvalue weighted by Gasteiger charge is -2.39. The van der Waals surface area contributed by atoms with Gasteiger partial charge < -0.3 is 14.5 Å². The summed E-state index contributed by atoms with van der Waals surface area (Å²) in [5.41, 5.74) is 3.91. The van der Waals surface area contributed by atoms with E-state index in [1.165, 1.54) is 16.9 Å². The number of hydrogen-bond donors (Lipinski definition) is 0. The number of carbonyl (C=O) groups excluding carboxylic acids is 2. The molecule has 1 fully saturated rings. The number of amides is 2. The number of rotatable bonds is 8. The Hall–Kier alpha value is -3.49. The Morgan fingerprint density at radius 2 is 1.87 bits per heavy atom. The highest BCUT2D eigenvalue weighted by Gasteiger charge is 2.33. The van der Waals surface area contributed by atoms with Gasteiger partial charge in [-0.25, -0.2) is 4.98 Å². The van der Waals surface area contributed by atoms with E-state index >= 15 is 0 Å². The molecule has 3 aromatic rings. The van der Waals surface area contributed by atoms with E-state index in [1.54, 1.807) is 0 Å². The number of hydrogen-bond acceptors (Lipinski definition) is 6. The molecule has 2 amide bonds. The number of thiazole rings is 1. The molecule has 2 aliphatic rings. The van der Waals surface area contributed by atoms with E-state index < -0.39 is 0 Å². The van der Waals surface area contributed by atoms with Gasteiger partial charge in [0, 0.05) is 50.6 Å². The Bertz CT molecular complexity index is 1310. The van der Waals surface area contributed by atoms with Crippen LogP contribution in [-0.4, -0.2) is 70.8 Å². The molecule has 0 bridgehead atoms. The molecule has 0 spiro atoms. The minimum Gasteiger partial charge on any atom is -0.486 e. The lowest BCUT2D eigenvalue weighted by Crippen LogP contribution is -2.48. The highest BCUT2D eigenvalue weighted by molar-refractivity contribution is 7.09. The van der Waals surface area contributed by atoms with Crippen molar-refractivity contribution in [1.29, 1.82) is 0 Å². The molecule has 1 saturated heterocycles. The summed E-state index contributed by atoms with van der Waals surface area (Å²) >= 11 is 1.44. The van der Waals surface area contributed by atoms with Gasteiger partial charge in [0.05, 0.1) is 6.04 Å². The lowest BCUT2D eigenvalue weighted by atomic mass is 9.87. The first kappa shape index (κ1) is 27.1. The van der Waals surface area contributed by atoms with Crippen LogP contribution >= 0.6 is 11.3 Å². The fourth-order valence-corrected chi connectivity index (χ4v) is 6.02. The van der Waals surface area contributed by atoms with Crippen LogP contribution in [0.5, 0.6) is 5.75 Å². The molecule has 0 N–H and O–H groups in total. The van der Waals surface area contributed by atoms with Gasteiger partial charge in [0.15, 0.2) is 0 Å². The van der Waals surface area contributed by atoms with Crippen molar-refractivity contribution >= 4 is 23.2 Å². The van der Waals surface area contributed by atoms with Crippen LogP contribution in [0.4, 0.5) is 0 Å².